The van der Waals surface area contributed by atoms with E-state index >= 15 is 0 Å². The van der Waals surface area contributed by atoms with E-state index in [1.54, 1.807) is 41.3 Å². The van der Waals surface area contributed by atoms with E-state index in [1.165, 1.54) is 12.1 Å². The van der Waals surface area contributed by atoms with Gasteiger partial charge in [0.1, 0.15) is 5.82 Å². The maximum absolute atomic E-state index is 13.0. The zero-order valence-corrected chi connectivity index (χ0v) is 16.3. The van der Waals surface area contributed by atoms with Crippen LogP contribution in [0.15, 0.2) is 48.5 Å². The minimum Gasteiger partial charge on any atom is -0.452 e. The summed E-state index contributed by atoms with van der Waals surface area (Å²) in [6.07, 6.45) is 0. The number of halogens is 1. The molecule has 3 N–H and O–H groups in total. The topological polar surface area (TPSA) is 105 Å². The Hall–Kier alpha value is -3.62. The Labute approximate surface area is 173 Å². The molecule has 1 aliphatic heterocycles. The number of esters is 1. The van der Waals surface area contributed by atoms with Crippen LogP contribution >= 0.6 is 0 Å². The zero-order valence-electron chi connectivity index (χ0n) is 16.3. The van der Waals surface area contributed by atoms with Gasteiger partial charge in [0.05, 0.1) is 5.56 Å². The number of primary amides is 1. The van der Waals surface area contributed by atoms with Crippen molar-refractivity contribution in [2.24, 2.45) is 5.73 Å². The smallest absolute Gasteiger partial charge is 0.338 e. The maximum Gasteiger partial charge on any atom is 0.338 e. The van der Waals surface area contributed by atoms with E-state index in [-0.39, 0.29) is 24.9 Å². The van der Waals surface area contributed by atoms with Crippen molar-refractivity contribution in [1.82, 2.24) is 10.2 Å². The lowest BCUT2D eigenvalue weighted by atomic mass is 10.1. The van der Waals surface area contributed by atoms with E-state index in [9.17, 15) is 18.8 Å². The number of carbonyl (C=O) groups excluding carboxylic acids is 3. The Bertz CT molecular complexity index is 894. The summed E-state index contributed by atoms with van der Waals surface area (Å²) in [6, 6.07) is 12.1. The monoisotopic (exact) mass is 414 g/mol. The normalized spacial score (nSPS) is 13.6. The van der Waals surface area contributed by atoms with Crippen LogP contribution in [0.4, 0.5) is 14.9 Å². The third kappa shape index (κ3) is 5.69. The summed E-state index contributed by atoms with van der Waals surface area (Å²) in [5.41, 5.74) is 7.01. The van der Waals surface area contributed by atoms with Gasteiger partial charge in [-0.25, -0.2) is 14.0 Å². The highest BCUT2D eigenvalue weighted by Gasteiger charge is 2.22. The number of piperazine rings is 1. The molecule has 30 heavy (non-hydrogen) atoms. The van der Waals surface area contributed by atoms with Crippen molar-refractivity contribution in [3.8, 4) is 0 Å². The number of amides is 3. The lowest BCUT2D eigenvalue weighted by molar-refractivity contribution is -0.134. The third-order valence-corrected chi connectivity index (χ3v) is 4.81. The fourth-order valence-corrected chi connectivity index (χ4v) is 3.12. The molecule has 0 aromatic heterocycles. The molecule has 2 aromatic carbocycles. The van der Waals surface area contributed by atoms with E-state index in [1.807, 2.05) is 0 Å². The molecule has 2 aromatic rings. The van der Waals surface area contributed by atoms with Crippen molar-refractivity contribution in [3.63, 3.8) is 0 Å². The SMILES string of the molecule is NC(=O)NCc1ccc(C(=O)OCC(=O)N2CCN(c3ccc(F)cc3)CC2)cc1. The van der Waals surface area contributed by atoms with E-state index in [2.05, 4.69) is 10.2 Å². The lowest BCUT2D eigenvalue weighted by Gasteiger charge is -2.36. The molecular weight excluding hydrogens is 391 g/mol. The quantitative estimate of drug-likeness (QED) is 0.697. The molecule has 9 heteroatoms. The van der Waals surface area contributed by atoms with Crippen LogP contribution in [-0.2, 0) is 16.1 Å². The molecule has 0 radical (unpaired) electrons. The minimum absolute atomic E-state index is 0.257. The maximum atomic E-state index is 13.0. The van der Waals surface area contributed by atoms with Gasteiger partial charge in [0.25, 0.3) is 5.91 Å². The van der Waals surface area contributed by atoms with Gasteiger partial charge in [0.2, 0.25) is 0 Å². The molecule has 0 spiro atoms. The molecular formula is C21H23FN4O4. The summed E-state index contributed by atoms with van der Waals surface area (Å²) in [5, 5.41) is 2.46. The Morgan fingerprint density at radius 1 is 0.967 bits per heavy atom. The first-order chi connectivity index (χ1) is 14.4. The van der Waals surface area contributed by atoms with Crippen molar-refractivity contribution in [3.05, 3.63) is 65.5 Å². The van der Waals surface area contributed by atoms with Crippen LogP contribution in [0.1, 0.15) is 15.9 Å². The number of hydrogen-bond donors (Lipinski definition) is 2. The molecule has 0 bridgehead atoms. The third-order valence-electron chi connectivity index (χ3n) is 4.81. The molecule has 8 nitrogen and oxygen atoms in total. The molecule has 0 aliphatic carbocycles. The van der Waals surface area contributed by atoms with Gasteiger partial charge in [-0.3, -0.25) is 4.79 Å². The molecule has 1 fully saturated rings. The molecule has 3 rings (SSSR count). The Morgan fingerprint density at radius 3 is 2.20 bits per heavy atom. The molecule has 3 amide bonds. The predicted octanol–water partition coefficient (Wildman–Crippen LogP) is 1.50. The van der Waals surface area contributed by atoms with Crippen LogP contribution in [0.25, 0.3) is 0 Å². The summed E-state index contributed by atoms with van der Waals surface area (Å²) in [5.74, 6) is -1.14. The number of nitrogens with two attached hydrogens (primary N) is 1. The van der Waals surface area contributed by atoms with Crippen LogP contribution in [-0.4, -0.2) is 55.6 Å². The van der Waals surface area contributed by atoms with Crippen molar-refractivity contribution in [2.75, 3.05) is 37.7 Å². The predicted molar refractivity (Wildman–Crippen MR) is 108 cm³/mol. The summed E-state index contributed by atoms with van der Waals surface area (Å²) < 4.78 is 18.2. The number of ether oxygens (including phenoxy) is 1. The lowest BCUT2D eigenvalue weighted by Crippen LogP contribution is -2.49. The Balaban J connectivity index is 1.43. The highest BCUT2D eigenvalue weighted by atomic mass is 19.1. The summed E-state index contributed by atoms with van der Waals surface area (Å²) in [6.45, 7) is 2.15. The van der Waals surface area contributed by atoms with Crippen molar-refractivity contribution < 1.29 is 23.5 Å². The minimum atomic E-state index is -0.629. The van der Waals surface area contributed by atoms with Gasteiger partial charge in [0.15, 0.2) is 6.61 Å². The van der Waals surface area contributed by atoms with Crippen LogP contribution in [0.3, 0.4) is 0 Å². The Kier molecular flexibility index (Phi) is 6.84. The molecule has 1 saturated heterocycles. The van der Waals surface area contributed by atoms with E-state index < -0.39 is 12.0 Å². The highest BCUT2D eigenvalue weighted by Crippen LogP contribution is 2.17. The number of rotatable bonds is 6. The van der Waals surface area contributed by atoms with Gasteiger partial charge in [-0.05, 0) is 42.0 Å². The second-order valence-electron chi connectivity index (χ2n) is 6.84. The number of hydrogen-bond acceptors (Lipinski definition) is 5. The van der Waals surface area contributed by atoms with Gasteiger partial charge in [0, 0.05) is 38.4 Å². The van der Waals surface area contributed by atoms with Crippen molar-refractivity contribution >= 4 is 23.6 Å². The summed E-state index contributed by atoms with van der Waals surface area (Å²) >= 11 is 0. The van der Waals surface area contributed by atoms with Crippen LogP contribution in [0, 0.1) is 5.82 Å². The van der Waals surface area contributed by atoms with E-state index in [4.69, 9.17) is 10.5 Å². The summed E-state index contributed by atoms with van der Waals surface area (Å²) in [7, 11) is 0. The first kappa shape index (κ1) is 21.1. The number of benzene rings is 2. The van der Waals surface area contributed by atoms with Gasteiger partial charge in [-0.2, -0.15) is 0 Å². The largest absolute Gasteiger partial charge is 0.452 e. The van der Waals surface area contributed by atoms with Gasteiger partial charge < -0.3 is 25.6 Å². The standard InChI is InChI=1S/C21H23FN4O4/c22-17-5-7-18(8-6-17)25-9-11-26(12-10-25)19(27)14-30-20(28)16-3-1-15(2-4-16)13-24-21(23)29/h1-8H,9-14H2,(H3,23,24,29). The second-order valence-corrected chi connectivity index (χ2v) is 6.84. The van der Waals surface area contributed by atoms with Gasteiger partial charge in [-0.15, -0.1) is 0 Å². The first-order valence-corrected chi connectivity index (χ1v) is 9.50. The highest BCUT2D eigenvalue weighted by molar-refractivity contribution is 5.91. The van der Waals surface area contributed by atoms with Crippen LogP contribution in [0.2, 0.25) is 0 Å². The van der Waals surface area contributed by atoms with E-state index in [0.717, 1.165) is 11.3 Å². The van der Waals surface area contributed by atoms with E-state index in [0.29, 0.717) is 31.7 Å². The number of urea groups is 1. The summed E-state index contributed by atoms with van der Waals surface area (Å²) in [4.78, 5) is 38.9. The average Bonchev–Trinajstić information content (AvgIpc) is 2.77. The zero-order chi connectivity index (χ0) is 21.5. The van der Waals surface area contributed by atoms with Crippen LogP contribution in [0.5, 0.6) is 0 Å². The van der Waals surface area contributed by atoms with Crippen LogP contribution < -0.4 is 16.0 Å². The molecule has 1 heterocycles. The van der Waals surface area contributed by atoms with Gasteiger partial charge >= 0.3 is 12.0 Å². The van der Waals surface area contributed by atoms with Gasteiger partial charge in [-0.1, -0.05) is 12.1 Å². The molecule has 0 unspecified atom stereocenters. The first-order valence-electron chi connectivity index (χ1n) is 9.50. The second kappa shape index (κ2) is 9.73. The average molecular weight is 414 g/mol. The van der Waals surface area contributed by atoms with Crippen molar-refractivity contribution in [1.29, 1.82) is 0 Å². The fourth-order valence-electron chi connectivity index (χ4n) is 3.12. The number of carbonyl (C=O) groups is 3. The Morgan fingerprint density at radius 2 is 1.60 bits per heavy atom. The molecule has 158 valence electrons. The fraction of sp³-hybridized carbons (Fsp3) is 0.286. The van der Waals surface area contributed by atoms with Crippen molar-refractivity contribution in [2.45, 2.75) is 6.54 Å². The number of anilines is 1. The molecule has 1 aliphatic rings. The number of nitrogens with one attached hydrogen (secondary N) is 1. The molecule has 0 saturated carbocycles. The molecule has 0 atom stereocenters. The number of nitrogens with zero attached hydrogens (tertiary/aromatic N) is 2.